The van der Waals surface area contributed by atoms with Crippen molar-refractivity contribution in [2.45, 2.75) is 440 Å². The van der Waals surface area contributed by atoms with Crippen LogP contribution >= 0.6 is 15.6 Å². The molecule has 5 atom stereocenters. The molecule has 0 amide bonds. The van der Waals surface area contributed by atoms with Crippen LogP contribution in [0.4, 0.5) is 0 Å². The number of phosphoric ester groups is 2. The fourth-order valence-corrected chi connectivity index (χ4v) is 14.2. The molecule has 0 spiro atoms. The molecule has 0 aliphatic heterocycles. The zero-order valence-corrected chi connectivity index (χ0v) is 68.3. The predicted molar refractivity (Wildman–Crippen MR) is 414 cm³/mol. The molecule has 0 aromatic rings. The highest BCUT2D eigenvalue weighted by molar-refractivity contribution is 7.47. The van der Waals surface area contributed by atoms with Crippen molar-refractivity contribution in [3.05, 3.63) is 0 Å². The van der Waals surface area contributed by atoms with E-state index in [1.54, 1.807) is 0 Å². The molecule has 0 saturated carbocycles. The van der Waals surface area contributed by atoms with Gasteiger partial charge in [-0.3, -0.25) is 37.3 Å². The summed E-state index contributed by atoms with van der Waals surface area (Å²) in [5.74, 6) is 0.957. The third-order valence-corrected chi connectivity index (χ3v) is 21.0. The highest BCUT2D eigenvalue weighted by atomic mass is 31.2. The Morgan fingerprint density at radius 1 is 0.248 bits per heavy atom. The van der Waals surface area contributed by atoms with Crippen LogP contribution in [0.1, 0.15) is 421 Å². The number of carbonyl (C=O) groups excluding carboxylic acids is 4. The van der Waals surface area contributed by atoms with Crippen LogP contribution in [0.2, 0.25) is 0 Å². The van der Waals surface area contributed by atoms with Crippen LogP contribution in [-0.4, -0.2) is 96.7 Å². The maximum absolute atomic E-state index is 13.1. The van der Waals surface area contributed by atoms with Gasteiger partial charge in [-0.25, -0.2) is 9.13 Å². The Labute approximate surface area is 619 Å². The van der Waals surface area contributed by atoms with Gasteiger partial charge in [0.25, 0.3) is 0 Å². The zero-order valence-electron chi connectivity index (χ0n) is 66.5. The Hall–Kier alpha value is -1.94. The monoisotopic (exact) mass is 1480 g/mol. The number of rotatable bonds is 79. The SMILES string of the molecule is CC(C)CCCCCCCCCCCCCCCCCCC(=O)OC[C@H](COP(=O)(O)OCC(O)COP(=O)(O)OC[C@@H](COC(=O)CCCCCCCCC(C)C)OC(=O)CCCCCCCCCCCCCCCCCC(C)C)OC(=O)CCCCCCCCCCCCCCC(C)C. The second-order valence-electron chi connectivity index (χ2n) is 31.4. The lowest BCUT2D eigenvalue weighted by Gasteiger charge is -2.21. The maximum Gasteiger partial charge on any atom is 0.472 e. The number of aliphatic hydroxyl groups excluding tert-OH is 1. The van der Waals surface area contributed by atoms with E-state index in [1.165, 1.54) is 218 Å². The van der Waals surface area contributed by atoms with Crippen LogP contribution in [0.25, 0.3) is 0 Å². The van der Waals surface area contributed by atoms with E-state index in [1.807, 2.05) is 0 Å². The minimum absolute atomic E-state index is 0.106. The Balaban J connectivity index is 5.21. The van der Waals surface area contributed by atoms with Crippen LogP contribution < -0.4 is 0 Å². The Morgan fingerprint density at radius 2 is 0.416 bits per heavy atom. The minimum atomic E-state index is -4.96. The zero-order chi connectivity index (χ0) is 74.6. The van der Waals surface area contributed by atoms with Crippen molar-refractivity contribution >= 4 is 39.5 Å². The molecule has 0 bridgehead atoms. The molecular weight excluding hydrogens is 1320 g/mol. The summed E-state index contributed by atoms with van der Waals surface area (Å²) in [6, 6.07) is 0. The van der Waals surface area contributed by atoms with Crippen LogP contribution in [0, 0.1) is 23.7 Å². The number of hydrogen-bond donors (Lipinski definition) is 3. The standard InChI is InChI=1S/C82H160O17P2/c1-72(2)58-50-42-34-28-22-16-12-9-10-14-18-25-31-37-46-54-62-79(84)92-68-77(98-81(86)65-57-49-39-33-27-21-20-24-30-36-44-52-60-74(5)6)70-96-100(88,89)94-66-76(83)67-95-101(90,91)97-71-78(69-93-80(85)63-55-47-41-40-45-53-61-75(7)8)99-82(87)64-56-48-38-32-26-19-15-11-13-17-23-29-35-43-51-59-73(3)4/h72-78,83H,9-71H2,1-8H3,(H,88,89)(H,90,91)/t76?,77-,78-/m1/s1. The summed E-state index contributed by atoms with van der Waals surface area (Å²) in [5, 5.41) is 10.6. The van der Waals surface area contributed by atoms with Crippen molar-refractivity contribution in [1.82, 2.24) is 0 Å². The number of carbonyl (C=O) groups is 4. The van der Waals surface area contributed by atoms with E-state index in [-0.39, 0.29) is 25.7 Å². The van der Waals surface area contributed by atoms with Gasteiger partial charge in [0.1, 0.15) is 19.3 Å². The molecule has 0 heterocycles. The summed E-state index contributed by atoms with van der Waals surface area (Å²) < 4.78 is 68.7. The average molecular weight is 1480 g/mol. The molecule has 3 unspecified atom stereocenters. The third kappa shape index (κ3) is 76.1. The van der Waals surface area contributed by atoms with Crippen LogP contribution in [0.5, 0.6) is 0 Å². The van der Waals surface area contributed by atoms with Gasteiger partial charge in [-0.15, -0.1) is 0 Å². The van der Waals surface area contributed by atoms with Gasteiger partial charge in [-0.1, -0.05) is 370 Å². The van der Waals surface area contributed by atoms with E-state index in [0.29, 0.717) is 31.6 Å². The molecule has 0 fully saturated rings. The molecule has 0 aromatic carbocycles. The first kappa shape index (κ1) is 99.1. The fourth-order valence-electron chi connectivity index (χ4n) is 12.6. The first-order valence-corrected chi connectivity index (χ1v) is 45.2. The summed E-state index contributed by atoms with van der Waals surface area (Å²) in [7, 11) is -9.92. The Bertz CT molecular complexity index is 1970. The molecule has 600 valence electrons. The summed E-state index contributed by atoms with van der Waals surface area (Å²) in [5.41, 5.74) is 0. The quantitative estimate of drug-likeness (QED) is 0.0222. The third-order valence-electron chi connectivity index (χ3n) is 19.1. The molecule has 19 heteroatoms. The van der Waals surface area contributed by atoms with Crippen molar-refractivity contribution in [2.75, 3.05) is 39.6 Å². The smallest absolute Gasteiger partial charge is 0.462 e. The van der Waals surface area contributed by atoms with Gasteiger partial charge in [0.05, 0.1) is 26.4 Å². The molecule has 17 nitrogen and oxygen atoms in total. The minimum Gasteiger partial charge on any atom is -0.462 e. The van der Waals surface area contributed by atoms with Crippen molar-refractivity contribution in [2.24, 2.45) is 23.7 Å². The summed E-state index contributed by atoms with van der Waals surface area (Å²) >= 11 is 0. The number of unbranched alkanes of at least 4 members (excludes halogenated alkanes) is 45. The van der Waals surface area contributed by atoms with E-state index in [4.69, 9.17) is 37.0 Å². The molecule has 0 aliphatic carbocycles. The van der Waals surface area contributed by atoms with Crippen LogP contribution in [0.15, 0.2) is 0 Å². The lowest BCUT2D eigenvalue weighted by molar-refractivity contribution is -0.161. The molecule has 0 aliphatic rings. The molecule has 0 rings (SSSR count). The molecule has 101 heavy (non-hydrogen) atoms. The van der Waals surface area contributed by atoms with Crippen LogP contribution in [-0.2, 0) is 65.4 Å². The molecule has 0 saturated heterocycles. The second kappa shape index (κ2) is 71.0. The number of ether oxygens (including phenoxy) is 4. The summed E-state index contributed by atoms with van der Waals surface area (Å²) in [6.45, 7) is 14.2. The molecular formula is C82H160O17P2. The van der Waals surface area contributed by atoms with Gasteiger partial charge >= 0.3 is 39.5 Å². The van der Waals surface area contributed by atoms with Gasteiger partial charge in [-0.05, 0) is 49.4 Å². The van der Waals surface area contributed by atoms with Gasteiger partial charge < -0.3 is 33.8 Å². The molecule has 0 radical (unpaired) electrons. The van der Waals surface area contributed by atoms with Gasteiger partial charge in [0, 0.05) is 25.7 Å². The largest absolute Gasteiger partial charge is 0.472 e. The maximum atomic E-state index is 13.1. The number of hydrogen-bond acceptors (Lipinski definition) is 15. The van der Waals surface area contributed by atoms with E-state index in [9.17, 15) is 43.2 Å². The topological polar surface area (TPSA) is 237 Å². The number of esters is 4. The first-order valence-electron chi connectivity index (χ1n) is 42.2. The lowest BCUT2D eigenvalue weighted by atomic mass is 10.0. The predicted octanol–water partition coefficient (Wildman–Crippen LogP) is 24.4. The van der Waals surface area contributed by atoms with E-state index < -0.39 is 97.5 Å². The Kier molecular flexibility index (Phi) is 69.6. The number of aliphatic hydroxyl groups is 1. The second-order valence-corrected chi connectivity index (χ2v) is 34.3. The molecule has 0 aromatic heterocycles. The van der Waals surface area contributed by atoms with Gasteiger partial charge in [0.2, 0.25) is 0 Å². The van der Waals surface area contributed by atoms with Gasteiger partial charge in [0.15, 0.2) is 12.2 Å². The van der Waals surface area contributed by atoms with Crippen molar-refractivity contribution in [3.63, 3.8) is 0 Å². The van der Waals surface area contributed by atoms with Crippen LogP contribution in [0.3, 0.4) is 0 Å². The van der Waals surface area contributed by atoms with Gasteiger partial charge in [-0.2, -0.15) is 0 Å². The van der Waals surface area contributed by atoms with E-state index >= 15 is 0 Å². The van der Waals surface area contributed by atoms with Crippen molar-refractivity contribution < 1.29 is 80.2 Å². The van der Waals surface area contributed by atoms with Crippen molar-refractivity contribution in [3.8, 4) is 0 Å². The highest BCUT2D eigenvalue weighted by Gasteiger charge is 2.30. The molecule has 3 N–H and O–H groups in total. The normalized spacial score (nSPS) is 14.0. The summed E-state index contributed by atoms with van der Waals surface area (Å²) in [4.78, 5) is 73.0. The summed E-state index contributed by atoms with van der Waals surface area (Å²) in [6.07, 6.45) is 58.5. The number of phosphoric acid groups is 2. The highest BCUT2D eigenvalue weighted by Crippen LogP contribution is 2.45. The fraction of sp³-hybridized carbons (Fsp3) is 0.951. The Morgan fingerprint density at radius 3 is 0.614 bits per heavy atom. The average Bonchev–Trinajstić information content (AvgIpc) is 0.958. The van der Waals surface area contributed by atoms with E-state index in [0.717, 1.165) is 114 Å². The van der Waals surface area contributed by atoms with E-state index in [2.05, 4.69) is 55.4 Å². The first-order chi connectivity index (χ1) is 48.6. The van der Waals surface area contributed by atoms with Crippen molar-refractivity contribution in [1.29, 1.82) is 0 Å². The lowest BCUT2D eigenvalue weighted by Crippen LogP contribution is -2.30.